The van der Waals surface area contributed by atoms with Gasteiger partial charge in [-0.05, 0) is 47.7 Å². The maximum Gasteiger partial charge on any atom is 0.303 e. The molecule has 1 aromatic rings. The predicted molar refractivity (Wildman–Crippen MR) is 77.6 cm³/mol. The topological polar surface area (TPSA) is 57.6 Å². The molecule has 6 heteroatoms. The van der Waals surface area contributed by atoms with Crippen molar-refractivity contribution in [2.24, 2.45) is 0 Å². The molecule has 1 aromatic heterocycles. The molecule has 1 saturated heterocycles. The zero-order chi connectivity index (χ0) is 13.8. The molecule has 0 radical (unpaired) electrons. The summed E-state index contributed by atoms with van der Waals surface area (Å²) in [6.07, 6.45) is 3.65. The van der Waals surface area contributed by atoms with Crippen LogP contribution in [-0.2, 0) is 4.79 Å². The largest absolute Gasteiger partial charge is 0.481 e. The molecule has 1 aliphatic heterocycles. The summed E-state index contributed by atoms with van der Waals surface area (Å²) in [7, 11) is 0. The Bertz CT molecular complexity index is 474. The average molecular weight is 346 g/mol. The van der Waals surface area contributed by atoms with Gasteiger partial charge in [-0.1, -0.05) is 0 Å². The molecular formula is C13H16BrNO3S. The Balaban J connectivity index is 2.06. The smallest absolute Gasteiger partial charge is 0.303 e. The monoisotopic (exact) mass is 345 g/mol. The zero-order valence-corrected chi connectivity index (χ0v) is 12.9. The number of likely N-dealkylation sites (tertiary alicyclic amines) is 1. The maximum atomic E-state index is 12.4. The van der Waals surface area contributed by atoms with Gasteiger partial charge in [0.05, 0.1) is 9.35 Å². The predicted octanol–water partition coefficient (Wildman–Crippen LogP) is 3.37. The highest BCUT2D eigenvalue weighted by Crippen LogP contribution is 2.26. The third-order valence-electron chi connectivity index (χ3n) is 3.39. The molecule has 2 heterocycles. The number of nitrogens with zero attached hydrogens (tertiary/aromatic N) is 1. The van der Waals surface area contributed by atoms with E-state index in [1.807, 2.05) is 16.3 Å². The van der Waals surface area contributed by atoms with Crippen molar-refractivity contribution in [2.75, 3.05) is 6.54 Å². The number of hydrogen-bond acceptors (Lipinski definition) is 3. The number of carboxylic acid groups (broad SMARTS) is 1. The zero-order valence-electron chi connectivity index (χ0n) is 10.5. The average Bonchev–Trinajstić information content (AvgIpc) is 2.82. The van der Waals surface area contributed by atoms with E-state index >= 15 is 0 Å². The van der Waals surface area contributed by atoms with Crippen molar-refractivity contribution in [3.8, 4) is 0 Å². The van der Waals surface area contributed by atoms with Crippen LogP contribution in [-0.4, -0.2) is 34.5 Å². The van der Waals surface area contributed by atoms with Gasteiger partial charge in [0.25, 0.3) is 5.91 Å². The van der Waals surface area contributed by atoms with Gasteiger partial charge in [0.2, 0.25) is 0 Å². The van der Waals surface area contributed by atoms with Crippen LogP contribution in [0.5, 0.6) is 0 Å². The molecule has 2 rings (SSSR count). The van der Waals surface area contributed by atoms with Crippen LogP contribution >= 0.6 is 27.3 Å². The van der Waals surface area contributed by atoms with Crippen LogP contribution in [0.1, 0.15) is 42.5 Å². The Labute approximate surface area is 124 Å². The number of halogens is 1. The van der Waals surface area contributed by atoms with Crippen LogP contribution in [0.3, 0.4) is 0 Å². The van der Waals surface area contributed by atoms with E-state index in [1.54, 1.807) is 0 Å². The molecule has 0 aromatic carbocycles. The van der Waals surface area contributed by atoms with Crippen molar-refractivity contribution in [3.63, 3.8) is 0 Å². The Morgan fingerprint density at radius 1 is 1.47 bits per heavy atom. The molecule has 4 nitrogen and oxygen atoms in total. The van der Waals surface area contributed by atoms with Crippen LogP contribution in [0.25, 0.3) is 0 Å². The number of hydrogen-bond donors (Lipinski definition) is 1. The second kappa shape index (κ2) is 6.52. The van der Waals surface area contributed by atoms with Crippen molar-refractivity contribution < 1.29 is 14.7 Å². The number of rotatable bonds is 4. The van der Waals surface area contributed by atoms with Crippen LogP contribution in [0, 0.1) is 0 Å². The van der Waals surface area contributed by atoms with Gasteiger partial charge in [0.15, 0.2) is 0 Å². The van der Waals surface area contributed by atoms with Crippen molar-refractivity contribution in [1.82, 2.24) is 4.90 Å². The maximum absolute atomic E-state index is 12.4. The standard InChI is InChI=1S/C13H16BrNO3S/c14-11-7-9(8-19-11)13(18)15-6-2-1-3-10(15)4-5-12(16)17/h7-8,10H,1-6H2,(H,16,17). The molecule has 0 saturated carbocycles. The molecule has 1 N–H and O–H groups in total. The minimum Gasteiger partial charge on any atom is -0.481 e. The Hall–Kier alpha value is -0.880. The number of aliphatic carboxylic acids is 1. The van der Waals surface area contributed by atoms with E-state index < -0.39 is 5.97 Å². The molecule has 1 atom stereocenters. The lowest BCUT2D eigenvalue weighted by Gasteiger charge is -2.35. The van der Waals surface area contributed by atoms with Gasteiger partial charge in [-0.15, -0.1) is 11.3 Å². The second-order valence-corrected chi connectivity index (χ2v) is 7.01. The number of thiophene rings is 1. The first-order valence-electron chi connectivity index (χ1n) is 6.34. The minimum atomic E-state index is -0.795. The van der Waals surface area contributed by atoms with Crippen molar-refractivity contribution in [2.45, 2.75) is 38.1 Å². The summed E-state index contributed by atoms with van der Waals surface area (Å²) in [5.41, 5.74) is 0.694. The van der Waals surface area contributed by atoms with Gasteiger partial charge in [0.1, 0.15) is 0 Å². The van der Waals surface area contributed by atoms with Gasteiger partial charge in [-0.25, -0.2) is 0 Å². The Morgan fingerprint density at radius 2 is 2.26 bits per heavy atom. The van der Waals surface area contributed by atoms with E-state index in [9.17, 15) is 9.59 Å². The number of carbonyl (C=O) groups is 2. The molecular weight excluding hydrogens is 330 g/mol. The molecule has 1 fully saturated rings. The van der Waals surface area contributed by atoms with Gasteiger partial charge in [0, 0.05) is 24.4 Å². The lowest BCUT2D eigenvalue weighted by atomic mass is 9.97. The van der Waals surface area contributed by atoms with E-state index in [-0.39, 0.29) is 18.4 Å². The third-order valence-corrected chi connectivity index (χ3v) is 4.90. The van der Waals surface area contributed by atoms with Gasteiger partial charge in [-0.2, -0.15) is 0 Å². The molecule has 0 bridgehead atoms. The second-order valence-electron chi connectivity index (χ2n) is 4.72. The SMILES string of the molecule is O=C(O)CCC1CCCCN1C(=O)c1csc(Br)c1. The molecule has 19 heavy (non-hydrogen) atoms. The van der Waals surface area contributed by atoms with Crippen molar-refractivity contribution in [1.29, 1.82) is 0 Å². The molecule has 1 unspecified atom stereocenters. The summed E-state index contributed by atoms with van der Waals surface area (Å²) < 4.78 is 0.940. The summed E-state index contributed by atoms with van der Waals surface area (Å²) in [4.78, 5) is 25.0. The summed E-state index contributed by atoms with van der Waals surface area (Å²) in [5.74, 6) is -0.770. The van der Waals surface area contributed by atoms with E-state index in [2.05, 4.69) is 15.9 Å². The normalized spacial score (nSPS) is 19.4. The van der Waals surface area contributed by atoms with Gasteiger partial charge >= 0.3 is 5.97 Å². The van der Waals surface area contributed by atoms with Crippen LogP contribution in [0.4, 0.5) is 0 Å². The van der Waals surface area contributed by atoms with E-state index in [0.29, 0.717) is 12.0 Å². The lowest BCUT2D eigenvalue weighted by molar-refractivity contribution is -0.137. The number of amides is 1. The van der Waals surface area contributed by atoms with Crippen LogP contribution < -0.4 is 0 Å². The lowest BCUT2D eigenvalue weighted by Crippen LogP contribution is -2.43. The molecule has 0 aliphatic carbocycles. The Morgan fingerprint density at radius 3 is 2.89 bits per heavy atom. The van der Waals surface area contributed by atoms with E-state index in [0.717, 1.165) is 29.6 Å². The third kappa shape index (κ3) is 3.79. The van der Waals surface area contributed by atoms with Crippen molar-refractivity contribution >= 4 is 39.1 Å². The summed E-state index contributed by atoms with van der Waals surface area (Å²) in [6.45, 7) is 0.733. The fraction of sp³-hybridized carbons (Fsp3) is 0.538. The highest BCUT2D eigenvalue weighted by atomic mass is 79.9. The summed E-state index contributed by atoms with van der Waals surface area (Å²) in [6, 6.07) is 1.89. The minimum absolute atomic E-state index is 0.0250. The van der Waals surface area contributed by atoms with Crippen LogP contribution in [0.15, 0.2) is 15.2 Å². The number of carbonyl (C=O) groups excluding carboxylic acids is 1. The summed E-state index contributed by atoms with van der Waals surface area (Å²) in [5, 5.41) is 10.6. The van der Waals surface area contributed by atoms with E-state index in [1.165, 1.54) is 11.3 Å². The molecule has 1 amide bonds. The highest BCUT2D eigenvalue weighted by Gasteiger charge is 2.28. The molecule has 104 valence electrons. The van der Waals surface area contributed by atoms with Gasteiger partial charge in [-0.3, -0.25) is 9.59 Å². The van der Waals surface area contributed by atoms with Gasteiger partial charge < -0.3 is 10.0 Å². The molecule has 0 spiro atoms. The number of piperidine rings is 1. The van der Waals surface area contributed by atoms with Crippen LogP contribution in [0.2, 0.25) is 0 Å². The van der Waals surface area contributed by atoms with E-state index in [4.69, 9.17) is 5.11 Å². The first-order valence-corrected chi connectivity index (χ1v) is 8.02. The fourth-order valence-corrected chi connectivity index (χ4v) is 3.58. The van der Waals surface area contributed by atoms with Crippen molar-refractivity contribution in [3.05, 3.63) is 20.8 Å². The number of carboxylic acids is 1. The summed E-state index contributed by atoms with van der Waals surface area (Å²) >= 11 is 4.85. The first-order chi connectivity index (χ1) is 9.08. The first kappa shape index (κ1) is 14.5. The Kier molecular flexibility index (Phi) is 4.99. The molecule has 1 aliphatic rings. The highest BCUT2D eigenvalue weighted by molar-refractivity contribution is 9.11. The quantitative estimate of drug-likeness (QED) is 0.909. The fourth-order valence-electron chi connectivity index (χ4n) is 2.45.